The van der Waals surface area contributed by atoms with Crippen LogP contribution in [0.4, 0.5) is 17.6 Å². The molecule has 1 atom stereocenters. The highest BCUT2D eigenvalue weighted by Gasteiger charge is 2.35. The fraction of sp³-hybridized carbons (Fsp3) is 0.300. The van der Waals surface area contributed by atoms with E-state index in [-0.39, 0.29) is 46.5 Å². The second kappa shape index (κ2) is 9.41. The summed E-state index contributed by atoms with van der Waals surface area (Å²) in [4.78, 5) is 25.0. The number of carboxylic acids is 1. The summed E-state index contributed by atoms with van der Waals surface area (Å²) in [5, 5.41) is 8.85. The van der Waals surface area contributed by atoms with Crippen LogP contribution in [0.1, 0.15) is 28.8 Å². The fourth-order valence-electron chi connectivity index (χ4n) is 3.22. The van der Waals surface area contributed by atoms with Crippen LogP contribution in [0.25, 0.3) is 0 Å². The Bertz CT molecular complexity index is 1050. The van der Waals surface area contributed by atoms with Crippen LogP contribution in [0.3, 0.4) is 0 Å². The zero-order valence-corrected chi connectivity index (χ0v) is 17.6. The Balaban J connectivity index is 1.73. The monoisotopic (exact) mass is 495 g/mol. The van der Waals surface area contributed by atoms with E-state index in [0.717, 1.165) is 29.2 Å². The number of amides is 1. The number of benzene rings is 2. The predicted octanol–water partition coefficient (Wildman–Crippen LogP) is 5.30. The average Bonchev–Trinajstić information content (AvgIpc) is 3.19. The number of aliphatic carboxylic acids is 1. The van der Waals surface area contributed by atoms with E-state index in [1.807, 2.05) is 0 Å². The Morgan fingerprint density at radius 1 is 1.16 bits per heavy atom. The van der Waals surface area contributed by atoms with E-state index in [0.29, 0.717) is 6.42 Å². The van der Waals surface area contributed by atoms with Gasteiger partial charge in [0, 0.05) is 23.2 Å². The second-order valence-electron chi connectivity index (χ2n) is 6.85. The molecule has 2 aromatic rings. The van der Waals surface area contributed by atoms with Gasteiger partial charge in [0.1, 0.15) is 30.0 Å². The number of likely N-dealkylation sites (tertiary alicyclic amines) is 1. The first-order valence-electron chi connectivity index (χ1n) is 9.16. The maximum absolute atomic E-state index is 14.6. The number of carbonyl (C=O) groups is 2. The quantitative estimate of drug-likeness (QED) is 0.550. The summed E-state index contributed by atoms with van der Waals surface area (Å²) in [7, 11) is 0. The van der Waals surface area contributed by atoms with Crippen molar-refractivity contribution in [3.05, 3.63) is 57.3 Å². The lowest BCUT2D eigenvalue weighted by Gasteiger charge is -2.22. The number of carbonyl (C=O) groups excluding carboxylic acids is 1. The molecule has 1 fully saturated rings. The maximum Gasteiger partial charge on any atom is 0.573 e. The van der Waals surface area contributed by atoms with E-state index in [1.54, 1.807) is 0 Å². The number of rotatable bonds is 6. The zero-order chi connectivity index (χ0) is 23.6. The van der Waals surface area contributed by atoms with E-state index in [4.69, 9.17) is 27.9 Å². The van der Waals surface area contributed by atoms with Crippen LogP contribution in [0.5, 0.6) is 11.5 Å². The molecule has 0 radical (unpaired) electrons. The Hall–Kier alpha value is -2.72. The van der Waals surface area contributed by atoms with E-state index in [2.05, 4.69) is 4.74 Å². The van der Waals surface area contributed by atoms with Crippen LogP contribution in [-0.4, -0.2) is 40.8 Å². The number of carboxylic acid groups (broad SMARTS) is 1. The lowest BCUT2D eigenvalue weighted by Crippen LogP contribution is -2.40. The topological polar surface area (TPSA) is 76.1 Å². The standard InChI is InChI=1S/C20H15Cl2F4NO5/c21-13-8-12(18(28)27-5-1-2-16(27)19(29)30)15(23)6-10(13)9-31-11-3-4-17(14(22)7-11)32-20(24,25)26/h3-4,6-8,16H,1-2,5,9H2,(H,29,30). The minimum atomic E-state index is -4.91. The molecular weight excluding hydrogens is 481 g/mol. The van der Waals surface area contributed by atoms with Crippen LogP contribution in [-0.2, 0) is 11.4 Å². The van der Waals surface area contributed by atoms with Crippen molar-refractivity contribution in [2.45, 2.75) is 31.9 Å². The van der Waals surface area contributed by atoms with Gasteiger partial charge in [0.25, 0.3) is 5.91 Å². The van der Waals surface area contributed by atoms with Crippen molar-refractivity contribution in [2.75, 3.05) is 6.54 Å². The first-order valence-corrected chi connectivity index (χ1v) is 9.91. The number of hydrogen-bond acceptors (Lipinski definition) is 4. The van der Waals surface area contributed by atoms with Gasteiger partial charge in [-0.05, 0) is 37.1 Å². The van der Waals surface area contributed by atoms with Crippen LogP contribution in [0, 0.1) is 5.82 Å². The minimum Gasteiger partial charge on any atom is -0.489 e. The molecule has 1 amide bonds. The summed E-state index contributed by atoms with van der Waals surface area (Å²) in [6.07, 6.45) is -4.15. The van der Waals surface area contributed by atoms with Crippen molar-refractivity contribution in [1.82, 2.24) is 4.90 Å². The minimum absolute atomic E-state index is 0.0102. The maximum atomic E-state index is 14.6. The number of alkyl halides is 3. The molecule has 1 N–H and O–H groups in total. The molecule has 1 saturated heterocycles. The number of halogens is 6. The second-order valence-corrected chi connectivity index (χ2v) is 7.66. The fourth-order valence-corrected chi connectivity index (χ4v) is 3.65. The Labute approximate surface area is 189 Å². The molecular formula is C20H15Cl2F4NO5. The molecule has 0 spiro atoms. The molecule has 1 unspecified atom stereocenters. The third kappa shape index (κ3) is 5.55. The van der Waals surface area contributed by atoms with Gasteiger partial charge in [-0.2, -0.15) is 0 Å². The van der Waals surface area contributed by atoms with Crippen LogP contribution < -0.4 is 9.47 Å². The first-order chi connectivity index (χ1) is 15.0. The van der Waals surface area contributed by atoms with E-state index < -0.39 is 35.8 Å². The van der Waals surface area contributed by atoms with Crippen LogP contribution in [0.15, 0.2) is 30.3 Å². The van der Waals surface area contributed by atoms with Crippen molar-refractivity contribution < 1.29 is 41.7 Å². The van der Waals surface area contributed by atoms with E-state index in [1.165, 1.54) is 6.07 Å². The van der Waals surface area contributed by atoms with Crippen molar-refractivity contribution >= 4 is 35.1 Å². The van der Waals surface area contributed by atoms with Gasteiger partial charge in [-0.1, -0.05) is 23.2 Å². The summed E-state index contributed by atoms with van der Waals surface area (Å²) in [5.74, 6) is -3.41. The third-order valence-electron chi connectivity index (χ3n) is 4.69. The molecule has 0 saturated carbocycles. The highest BCUT2D eigenvalue weighted by atomic mass is 35.5. The van der Waals surface area contributed by atoms with Gasteiger partial charge >= 0.3 is 12.3 Å². The van der Waals surface area contributed by atoms with Gasteiger partial charge in [0.2, 0.25) is 0 Å². The predicted molar refractivity (Wildman–Crippen MR) is 106 cm³/mol. The summed E-state index contributed by atoms with van der Waals surface area (Å²) in [6, 6.07) is 4.26. The lowest BCUT2D eigenvalue weighted by atomic mass is 10.1. The van der Waals surface area contributed by atoms with Crippen molar-refractivity contribution in [3.8, 4) is 11.5 Å². The molecule has 1 heterocycles. The molecule has 0 bridgehead atoms. The smallest absolute Gasteiger partial charge is 0.489 e. The normalized spacial score (nSPS) is 16.2. The molecule has 1 aliphatic rings. The SMILES string of the molecule is O=C(O)C1CCCN1C(=O)c1cc(Cl)c(COc2ccc(OC(F)(F)F)c(Cl)c2)cc1F. The van der Waals surface area contributed by atoms with Crippen molar-refractivity contribution in [2.24, 2.45) is 0 Å². The zero-order valence-electron chi connectivity index (χ0n) is 16.1. The summed E-state index contributed by atoms with van der Waals surface area (Å²) < 4.78 is 60.7. The molecule has 0 aromatic heterocycles. The van der Waals surface area contributed by atoms with Crippen LogP contribution in [0.2, 0.25) is 10.0 Å². The van der Waals surface area contributed by atoms with Crippen molar-refractivity contribution in [1.29, 1.82) is 0 Å². The first kappa shape index (κ1) is 23.9. The van der Waals surface area contributed by atoms with Gasteiger partial charge in [-0.25, -0.2) is 9.18 Å². The molecule has 3 rings (SSSR count). The number of hydrogen-bond donors (Lipinski definition) is 1. The Morgan fingerprint density at radius 3 is 2.50 bits per heavy atom. The van der Waals surface area contributed by atoms with Crippen LogP contribution >= 0.6 is 23.2 Å². The summed E-state index contributed by atoms with van der Waals surface area (Å²) >= 11 is 11.9. The molecule has 12 heteroatoms. The summed E-state index contributed by atoms with van der Waals surface area (Å²) in [5.41, 5.74) is -0.215. The van der Waals surface area contributed by atoms with Gasteiger partial charge in [-0.15, -0.1) is 13.2 Å². The van der Waals surface area contributed by atoms with Gasteiger partial charge < -0.3 is 19.5 Å². The Morgan fingerprint density at radius 2 is 1.88 bits per heavy atom. The molecule has 1 aliphatic heterocycles. The molecule has 172 valence electrons. The molecule has 32 heavy (non-hydrogen) atoms. The molecule has 0 aliphatic carbocycles. The number of ether oxygens (including phenoxy) is 2. The van der Waals surface area contributed by atoms with Gasteiger partial charge in [-0.3, -0.25) is 4.79 Å². The average molecular weight is 496 g/mol. The van der Waals surface area contributed by atoms with Crippen molar-refractivity contribution in [3.63, 3.8) is 0 Å². The van der Waals surface area contributed by atoms with E-state index in [9.17, 15) is 32.3 Å². The highest BCUT2D eigenvalue weighted by molar-refractivity contribution is 6.32. The number of nitrogens with zero attached hydrogens (tertiary/aromatic N) is 1. The lowest BCUT2D eigenvalue weighted by molar-refractivity contribution is -0.274. The third-order valence-corrected chi connectivity index (χ3v) is 5.34. The largest absolute Gasteiger partial charge is 0.573 e. The molecule has 6 nitrogen and oxygen atoms in total. The van der Waals surface area contributed by atoms with E-state index >= 15 is 0 Å². The van der Waals surface area contributed by atoms with Gasteiger partial charge in [0.15, 0.2) is 0 Å². The van der Waals surface area contributed by atoms with Gasteiger partial charge in [0.05, 0.1) is 10.6 Å². The summed E-state index contributed by atoms with van der Waals surface area (Å²) in [6.45, 7) is -0.0893. The Kier molecular flexibility index (Phi) is 7.04. The highest BCUT2D eigenvalue weighted by Crippen LogP contribution is 2.33. The molecule has 2 aromatic carbocycles.